The van der Waals surface area contributed by atoms with Crippen LogP contribution in [0, 0.1) is 34.5 Å². The van der Waals surface area contributed by atoms with Crippen molar-refractivity contribution in [1.82, 2.24) is 0 Å². The number of rotatable bonds is 7. The predicted octanol–water partition coefficient (Wildman–Crippen LogP) is 2.45. The van der Waals surface area contributed by atoms with E-state index in [0.717, 1.165) is 14.0 Å². The van der Waals surface area contributed by atoms with Gasteiger partial charge in [0.05, 0.1) is 43.0 Å². The van der Waals surface area contributed by atoms with E-state index in [4.69, 9.17) is 47.0 Å². The molecular weight excluding hydrogens is 688 g/mol. The molecule has 282 valence electrons. The number of methoxy groups -OCH3 is 1. The van der Waals surface area contributed by atoms with E-state index in [1.54, 1.807) is 13.0 Å². The number of hydrogen-bond acceptors (Lipinski definition) is 16. The standard InChI is InChI=1S/C36H42O16/c1-15(37)45-21-12-35-26-23(25(30(42)43-8)46-16(2)38)31(5)14-34(26)24(28(31)47-17(3)39)29(48-18(4)40)36(35,52-33(7,50-34)51-35)20-11-22(41)49-27(32(20,21)6)19-9-10-44-13-19/h9-10,13,20-21,23-29H,11-12,14H2,1-8H3. The molecule has 4 aliphatic carbocycles. The summed E-state index contributed by atoms with van der Waals surface area (Å²) in [7, 11) is 1.16. The second-order valence-corrected chi connectivity index (χ2v) is 16.0. The summed E-state index contributed by atoms with van der Waals surface area (Å²) in [5, 5.41) is 0. The van der Waals surface area contributed by atoms with Crippen molar-refractivity contribution >= 4 is 35.8 Å². The van der Waals surface area contributed by atoms with E-state index in [-0.39, 0.29) is 19.3 Å². The van der Waals surface area contributed by atoms with Gasteiger partial charge < -0.3 is 47.0 Å². The Hall–Kier alpha value is -4.02. The van der Waals surface area contributed by atoms with Crippen molar-refractivity contribution in [2.45, 2.75) is 121 Å². The van der Waals surface area contributed by atoms with Crippen molar-refractivity contribution in [3.8, 4) is 0 Å². The van der Waals surface area contributed by atoms with Gasteiger partial charge in [0.25, 0.3) is 5.97 Å². The summed E-state index contributed by atoms with van der Waals surface area (Å²) < 4.78 is 62.3. The molecule has 15 unspecified atom stereocenters. The Bertz CT molecular complexity index is 1770. The molecule has 16 heteroatoms. The molecule has 0 N–H and O–H groups in total. The fourth-order valence-electron chi connectivity index (χ4n) is 12.4. The molecule has 2 spiro atoms. The number of cyclic esters (lactones) is 1. The third-order valence-corrected chi connectivity index (χ3v) is 13.3. The van der Waals surface area contributed by atoms with Gasteiger partial charge in [-0.25, -0.2) is 4.79 Å². The Morgan fingerprint density at radius 2 is 1.56 bits per heavy atom. The van der Waals surface area contributed by atoms with E-state index in [1.165, 1.54) is 33.3 Å². The molecule has 0 amide bonds. The molecule has 4 heterocycles. The molecule has 7 fully saturated rings. The van der Waals surface area contributed by atoms with E-state index in [2.05, 4.69) is 0 Å². The number of carbonyl (C=O) groups is 6. The number of furan rings is 1. The van der Waals surface area contributed by atoms with E-state index >= 15 is 0 Å². The Morgan fingerprint density at radius 1 is 0.885 bits per heavy atom. The third kappa shape index (κ3) is 4.08. The fourth-order valence-corrected chi connectivity index (χ4v) is 12.4. The minimum absolute atomic E-state index is 0.111. The van der Waals surface area contributed by atoms with Crippen LogP contribution < -0.4 is 0 Å². The molecule has 0 radical (unpaired) electrons. The lowest BCUT2D eigenvalue weighted by molar-refractivity contribution is -0.435. The molecule has 4 saturated carbocycles. The van der Waals surface area contributed by atoms with Gasteiger partial charge in [-0.15, -0.1) is 0 Å². The largest absolute Gasteiger partial charge is 0.472 e. The van der Waals surface area contributed by atoms with Gasteiger partial charge in [0, 0.05) is 69.8 Å². The Kier molecular flexibility index (Phi) is 7.26. The highest BCUT2D eigenvalue weighted by atomic mass is 16.9. The van der Waals surface area contributed by atoms with Crippen molar-refractivity contribution in [2.24, 2.45) is 34.5 Å². The van der Waals surface area contributed by atoms with E-state index in [0.29, 0.717) is 5.56 Å². The second kappa shape index (κ2) is 10.8. The molecule has 7 aliphatic rings. The summed E-state index contributed by atoms with van der Waals surface area (Å²) in [5.41, 5.74) is -6.82. The molecule has 16 nitrogen and oxygen atoms in total. The molecule has 52 heavy (non-hydrogen) atoms. The first-order chi connectivity index (χ1) is 24.3. The van der Waals surface area contributed by atoms with Gasteiger partial charge in [0.1, 0.15) is 35.6 Å². The maximum absolute atomic E-state index is 13.9. The summed E-state index contributed by atoms with van der Waals surface area (Å²) >= 11 is 0. The predicted molar refractivity (Wildman–Crippen MR) is 166 cm³/mol. The highest BCUT2D eigenvalue weighted by molar-refractivity contribution is 5.80. The molecule has 3 aliphatic heterocycles. The first-order valence-electron chi connectivity index (χ1n) is 17.4. The maximum Gasteiger partial charge on any atom is 0.347 e. The lowest BCUT2D eigenvalue weighted by Gasteiger charge is -2.72. The van der Waals surface area contributed by atoms with Gasteiger partial charge in [-0.05, 0) is 12.5 Å². The Morgan fingerprint density at radius 3 is 2.15 bits per heavy atom. The van der Waals surface area contributed by atoms with Crippen LogP contribution in [-0.2, 0) is 71.4 Å². The fraction of sp³-hybridized carbons (Fsp3) is 0.722. The van der Waals surface area contributed by atoms with E-state index in [1.807, 2.05) is 13.8 Å². The van der Waals surface area contributed by atoms with Gasteiger partial charge in [0.2, 0.25) is 6.10 Å². The highest BCUT2D eigenvalue weighted by Crippen LogP contribution is 2.85. The van der Waals surface area contributed by atoms with Gasteiger partial charge in [-0.1, -0.05) is 13.8 Å². The number of carbonyl (C=O) groups excluding carboxylic acids is 6. The van der Waals surface area contributed by atoms with Crippen molar-refractivity contribution < 1.29 is 75.8 Å². The van der Waals surface area contributed by atoms with Crippen LogP contribution in [0.4, 0.5) is 0 Å². The zero-order valence-electron chi connectivity index (χ0n) is 30.1. The van der Waals surface area contributed by atoms with Crippen molar-refractivity contribution in [1.29, 1.82) is 0 Å². The SMILES string of the molecule is COC(=O)C(OC(C)=O)C1C2C34CC1(C)C(OC(C)=O)C3C(OC(C)=O)C13OC(C)(O4)OC21CC(OC(C)=O)C1(C)C(c2ccoc2)OC(=O)CC13. The van der Waals surface area contributed by atoms with Gasteiger partial charge in [-0.3, -0.25) is 24.0 Å². The molecule has 15 atom stereocenters. The summed E-state index contributed by atoms with van der Waals surface area (Å²) in [5.74, 6) is -9.94. The van der Waals surface area contributed by atoms with E-state index in [9.17, 15) is 28.8 Å². The number of esters is 6. The monoisotopic (exact) mass is 730 g/mol. The highest BCUT2D eigenvalue weighted by Gasteiger charge is 2.98. The van der Waals surface area contributed by atoms with Crippen LogP contribution in [-0.4, -0.2) is 90.1 Å². The number of fused-ring (bicyclic) bond motifs is 3. The molecule has 1 aromatic rings. The summed E-state index contributed by atoms with van der Waals surface area (Å²) in [4.78, 5) is 79.6. The van der Waals surface area contributed by atoms with Crippen molar-refractivity contribution in [2.75, 3.05) is 7.11 Å². The second-order valence-electron chi connectivity index (χ2n) is 16.0. The molecule has 3 saturated heterocycles. The Balaban J connectivity index is 1.46. The molecule has 8 rings (SSSR count). The zero-order chi connectivity index (χ0) is 37.6. The topological polar surface area (TPSA) is 199 Å². The lowest BCUT2D eigenvalue weighted by atomic mass is 9.38. The van der Waals surface area contributed by atoms with Gasteiger partial charge in [-0.2, -0.15) is 0 Å². The lowest BCUT2D eigenvalue weighted by Crippen LogP contribution is -2.86. The third-order valence-electron chi connectivity index (χ3n) is 13.3. The van der Waals surface area contributed by atoms with Crippen molar-refractivity contribution in [3.05, 3.63) is 24.2 Å². The zero-order valence-corrected chi connectivity index (χ0v) is 30.1. The minimum Gasteiger partial charge on any atom is -0.472 e. The Labute approximate surface area is 298 Å². The maximum atomic E-state index is 13.9. The molecular formula is C36H42O16. The normalized spacial score (nSPS) is 47.7. The first kappa shape index (κ1) is 35.0. The smallest absolute Gasteiger partial charge is 0.347 e. The minimum atomic E-state index is -1.84. The van der Waals surface area contributed by atoms with Crippen LogP contribution in [0.1, 0.15) is 79.4 Å². The molecule has 1 aromatic heterocycles. The van der Waals surface area contributed by atoms with Gasteiger partial charge >= 0.3 is 35.8 Å². The van der Waals surface area contributed by atoms with Crippen LogP contribution in [0.5, 0.6) is 0 Å². The van der Waals surface area contributed by atoms with Gasteiger partial charge in [0.15, 0.2) is 0 Å². The average Bonchev–Trinajstić information content (AvgIpc) is 3.74. The van der Waals surface area contributed by atoms with Crippen molar-refractivity contribution in [3.63, 3.8) is 0 Å². The van der Waals surface area contributed by atoms with Crippen LogP contribution in [0.3, 0.4) is 0 Å². The number of ether oxygens (including phenoxy) is 9. The number of hydrogen-bond donors (Lipinski definition) is 0. The quantitative estimate of drug-likeness (QED) is 0.292. The van der Waals surface area contributed by atoms with Crippen LogP contribution >= 0.6 is 0 Å². The average molecular weight is 731 g/mol. The summed E-state index contributed by atoms with van der Waals surface area (Å²) in [6, 6.07) is 1.64. The first-order valence-corrected chi connectivity index (χ1v) is 17.4. The van der Waals surface area contributed by atoms with E-state index < -0.39 is 124 Å². The van der Waals surface area contributed by atoms with Crippen LogP contribution in [0.2, 0.25) is 0 Å². The van der Waals surface area contributed by atoms with Crippen LogP contribution in [0.25, 0.3) is 0 Å². The molecule has 4 bridgehead atoms. The summed E-state index contributed by atoms with van der Waals surface area (Å²) in [6.45, 7) is 10.1. The van der Waals surface area contributed by atoms with Crippen LogP contribution in [0.15, 0.2) is 23.0 Å². The summed E-state index contributed by atoms with van der Waals surface area (Å²) in [6.07, 6.45) is -3.42. The molecule has 0 aromatic carbocycles.